The Morgan fingerprint density at radius 1 is 1.08 bits per heavy atom. The molecule has 182 valence electrons. The molecule has 6 rings (SSSR count). The van der Waals surface area contributed by atoms with Gasteiger partial charge in [0.15, 0.2) is 17.2 Å². The number of halogens is 3. The van der Waals surface area contributed by atoms with Crippen LogP contribution in [0.2, 0.25) is 0 Å². The Balaban J connectivity index is 1.32. The minimum absolute atomic E-state index is 0.207. The zero-order chi connectivity index (χ0) is 25.0. The summed E-state index contributed by atoms with van der Waals surface area (Å²) in [5.74, 6) is 1.13. The molecule has 8 nitrogen and oxygen atoms in total. The second-order valence-electron chi connectivity index (χ2n) is 8.91. The maximum Gasteiger partial charge on any atom is 0.434 e. The van der Waals surface area contributed by atoms with Gasteiger partial charge in [0.1, 0.15) is 11.3 Å². The third kappa shape index (κ3) is 3.96. The molecule has 0 saturated heterocycles. The summed E-state index contributed by atoms with van der Waals surface area (Å²) in [6.07, 6.45) is 1.99. The third-order valence-electron chi connectivity index (χ3n) is 6.27. The molecule has 0 radical (unpaired) electrons. The Morgan fingerprint density at radius 2 is 1.86 bits per heavy atom. The number of pyridine rings is 1. The lowest BCUT2D eigenvalue weighted by Crippen LogP contribution is -2.17. The molecule has 0 bridgehead atoms. The Labute approximate surface area is 202 Å². The van der Waals surface area contributed by atoms with Crippen LogP contribution >= 0.6 is 0 Å². The van der Waals surface area contributed by atoms with E-state index in [4.69, 9.17) is 4.98 Å². The number of alkyl halides is 3. The third-order valence-corrected chi connectivity index (χ3v) is 6.27. The van der Waals surface area contributed by atoms with E-state index in [2.05, 4.69) is 19.9 Å². The minimum atomic E-state index is -4.51. The van der Waals surface area contributed by atoms with E-state index in [1.165, 1.54) is 16.2 Å². The Morgan fingerprint density at radius 3 is 2.56 bits per heavy atom. The van der Waals surface area contributed by atoms with Crippen molar-refractivity contribution in [3.63, 3.8) is 0 Å². The van der Waals surface area contributed by atoms with E-state index in [-0.39, 0.29) is 18.1 Å². The number of hydrogen-bond acceptors (Lipinski definition) is 5. The van der Waals surface area contributed by atoms with Gasteiger partial charge in [-0.2, -0.15) is 13.2 Å². The van der Waals surface area contributed by atoms with Gasteiger partial charge < -0.3 is 9.55 Å². The summed E-state index contributed by atoms with van der Waals surface area (Å²) in [4.78, 5) is 32.9. The lowest BCUT2D eigenvalue weighted by Gasteiger charge is -2.08. The average Bonchev–Trinajstić information content (AvgIpc) is 3.56. The van der Waals surface area contributed by atoms with Crippen LogP contribution in [0, 0.1) is 0 Å². The normalized spacial score (nSPS) is 14.0. The molecule has 4 aromatic heterocycles. The van der Waals surface area contributed by atoms with Gasteiger partial charge in [0.05, 0.1) is 18.4 Å². The van der Waals surface area contributed by atoms with Crippen LogP contribution in [0.3, 0.4) is 0 Å². The highest BCUT2D eigenvalue weighted by Crippen LogP contribution is 2.42. The molecular formula is C25H20F3N7O. The smallest absolute Gasteiger partial charge is 0.333 e. The summed E-state index contributed by atoms with van der Waals surface area (Å²) < 4.78 is 41.9. The number of benzene rings is 1. The first-order valence-corrected chi connectivity index (χ1v) is 11.4. The van der Waals surface area contributed by atoms with Crippen molar-refractivity contribution in [1.82, 2.24) is 34.1 Å². The second-order valence-corrected chi connectivity index (χ2v) is 8.91. The number of nitrogens with zero attached hydrogens (tertiary/aromatic N) is 6. The molecule has 1 aliphatic carbocycles. The molecule has 1 N–H and O–H groups in total. The fraction of sp³-hybridized carbons (Fsp3) is 0.240. The molecule has 0 amide bonds. The van der Waals surface area contributed by atoms with Crippen LogP contribution < -0.4 is 5.69 Å². The average molecular weight is 491 g/mol. The highest BCUT2D eigenvalue weighted by molar-refractivity contribution is 5.73. The van der Waals surface area contributed by atoms with Gasteiger partial charge >= 0.3 is 11.9 Å². The van der Waals surface area contributed by atoms with Gasteiger partial charge in [0.25, 0.3) is 0 Å². The van der Waals surface area contributed by atoms with Crippen molar-refractivity contribution in [3.05, 3.63) is 82.4 Å². The number of aromatic nitrogens is 7. The molecule has 1 saturated carbocycles. The molecule has 4 heterocycles. The highest BCUT2D eigenvalue weighted by atomic mass is 19.4. The van der Waals surface area contributed by atoms with E-state index in [1.807, 2.05) is 12.1 Å². The van der Waals surface area contributed by atoms with Crippen LogP contribution in [0.1, 0.15) is 35.7 Å². The van der Waals surface area contributed by atoms with E-state index >= 15 is 0 Å². The quantitative estimate of drug-likeness (QED) is 0.390. The van der Waals surface area contributed by atoms with E-state index < -0.39 is 11.9 Å². The van der Waals surface area contributed by atoms with Gasteiger partial charge in [-0.3, -0.25) is 9.55 Å². The molecule has 1 aliphatic rings. The van der Waals surface area contributed by atoms with Crippen molar-refractivity contribution in [2.24, 2.45) is 7.05 Å². The van der Waals surface area contributed by atoms with Crippen molar-refractivity contribution in [3.8, 4) is 22.8 Å². The van der Waals surface area contributed by atoms with E-state index in [0.29, 0.717) is 28.5 Å². The second kappa shape index (κ2) is 8.14. The van der Waals surface area contributed by atoms with Gasteiger partial charge in [-0.15, -0.1) is 0 Å². The first-order chi connectivity index (χ1) is 17.3. The summed E-state index contributed by atoms with van der Waals surface area (Å²) in [5, 5.41) is 0. The van der Waals surface area contributed by atoms with Crippen molar-refractivity contribution < 1.29 is 13.2 Å². The highest BCUT2D eigenvalue weighted by Gasteiger charge is 2.34. The molecule has 0 atom stereocenters. The summed E-state index contributed by atoms with van der Waals surface area (Å²) in [6.45, 7) is 0.229. The van der Waals surface area contributed by atoms with Crippen molar-refractivity contribution >= 4 is 11.2 Å². The summed E-state index contributed by atoms with van der Waals surface area (Å²) in [6, 6.07) is 10.7. The maximum atomic E-state index is 13.0. The van der Waals surface area contributed by atoms with E-state index in [1.54, 1.807) is 36.7 Å². The molecular weight excluding hydrogens is 471 g/mol. The number of aryl methyl sites for hydroxylation is 1. The monoisotopic (exact) mass is 491 g/mol. The zero-order valence-corrected chi connectivity index (χ0v) is 19.1. The Bertz CT molecular complexity index is 1640. The van der Waals surface area contributed by atoms with Gasteiger partial charge in [-0.1, -0.05) is 24.3 Å². The zero-order valence-electron chi connectivity index (χ0n) is 19.1. The molecule has 0 unspecified atom stereocenters. The predicted octanol–water partition coefficient (Wildman–Crippen LogP) is 4.53. The Kier molecular flexibility index (Phi) is 5.02. The first kappa shape index (κ1) is 22.2. The van der Waals surface area contributed by atoms with Crippen molar-refractivity contribution in [2.75, 3.05) is 0 Å². The lowest BCUT2D eigenvalue weighted by atomic mass is 10.1. The van der Waals surface area contributed by atoms with Crippen LogP contribution in [0.4, 0.5) is 13.2 Å². The standard InChI is InChI=1S/C25H20F3N7O/c1-34-13-19(25(26,27)28)32-22(34)16-6-4-14(5-7-16)12-35-23-18(31-24(35)36)11-30-21(33-23)17-3-2-10-29-20(17)15-8-9-15/h2-7,10-11,13,15H,8-9,12H2,1H3,(H,31,36). The first-order valence-electron chi connectivity index (χ1n) is 11.4. The SMILES string of the molecule is Cn1cc(C(F)(F)F)nc1-c1ccc(Cn2c(=O)[nH]c3cnc(-c4cccnc4C4CC4)nc32)cc1. The topological polar surface area (TPSA) is 94.3 Å². The molecule has 0 aliphatic heterocycles. The summed E-state index contributed by atoms with van der Waals surface area (Å²) >= 11 is 0. The molecule has 0 spiro atoms. The van der Waals surface area contributed by atoms with Gasteiger partial charge in [-0.25, -0.2) is 19.7 Å². The number of nitrogens with one attached hydrogen (secondary N) is 1. The van der Waals surface area contributed by atoms with Crippen LogP contribution in [0.15, 0.2) is 59.8 Å². The molecule has 1 fully saturated rings. The fourth-order valence-electron chi connectivity index (χ4n) is 4.32. The van der Waals surface area contributed by atoms with Crippen molar-refractivity contribution in [1.29, 1.82) is 0 Å². The van der Waals surface area contributed by atoms with Crippen LogP contribution in [-0.4, -0.2) is 34.1 Å². The van der Waals surface area contributed by atoms with E-state index in [9.17, 15) is 18.0 Å². The lowest BCUT2D eigenvalue weighted by molar-refractivity contribution is -0.140. The Hall–Kier alpha value is -4.28. The largest absolute Gasteiger partial charge is 0.434 e. The summed E-state index contributed by atoms with van der Waals surface area (Å²) in [7, 11) is 1.52. The molecule has 11 heteroatoms. The number of imidazole rings is 2. The number of aromatic amines is 1. The predicted molar refractivity (Wildman–Crippen MR) is 126 cm³/mol. The van der Waals surface area contributed by atoms with Gasteiger partial charge in [-0.05, 0) is 30.5 Å². The van der Waals surface area contributed by atoms with Crippen molar-refractivity contribution in [2.45, 2.75) is 31.5 Å². The number of rotatable bonds is 5. The minimum Gasteiger partial charge on any atom is -0.333 e. The fourth-order valence-corrected chi connectivity index (χ4v) is 4.32. The molecule has 5 aromatic rings. The van der Waals surface area contributed by atoms with Crippen LogP contribution in [0.5, 0.6) is 0 Å². The number of fused-ring (bicyclic) bond motifs is 1. The number of hydrogen-bond donors (Lipinski definition) is 1. The van der Waals surface area contributed by atoms with Crippen LogP contribution in [-0.2, 0) is 19.8 Å². The summed E-state index contributed by atoms with van der Waals surface area (Å²) in [5.41, 5.74) is 2.88. The maximum absolute atomic E-state index is 13.0. The van der Waals surface area contributed by atoms with Gasteiger partial charge in [0, 0.05) is 36.5 Å². The number of H-pyrrole nitrogens is 1. The van der Waals surface area contributed by atoms with Crippen LogP contribution in [0.25, 0.3) is 33.9 Å². The molecule has 1 aromatic carbocycles. The van der Waals surface area contributed by atoms with Gasteiger partial charge in [0.2, 0.25) is 0 Å². The van der Waals surface area contributed by atoms with E-state index in [0.717, 1.165) is 35.9 Å². The molecule has 36 heavy (non-hydrogen) atoms.